The Morgan fingerprint density at radius 3 is 3.00 bits per heavy atom. The molecule has 3 rings (SSSR count). The van der Waals surface area contributed by atoms with Crippen molar-refractivity contribution in [1.29, 1.82) is 0 Å². The lowest BCUT2D eigenvalue weighted by molar-refractivity contribution is 0.438. The monoisotopic (exact) mass is 259 g/mol. The number of aryl methyl sites for hydroxylation is 1. The van der Waals surface area contributed by atoms with E-state index < -0.39 is 0 Å². The van der Waals surface area contributed by atoms with Crippen LogP contribution in [0.4, 0.5) is 0 Å². The standard InChI is InChI=1S/C15H21N3O/c1-11-8-17-18(10-11)6-5-16-9-13-3-4-15(19-13)14-7-12(14)2/h3-4,8,10,12,14,16H,5-7,9H2,1-2H3. The largest absolute Gasteiger partial charge is 0.464 e. The molecular formula is C15H21N3O. The maximum Gasteiger partial charge on any atom is 0.117 e. The Balaban J connectivity index is 1.41. The Kier molecular flexibility index (Phi) is 3.42. The second-order valence-corrected chi connectivity index (χ2v) is 5.58. The molecule has 0 spiro atoms. The van der Waals surface area contributed by atoms with Gasteiger partial charge in [-0.05, 0) is 37.0 Å². The minimum Gasteiger partial charge on any atom is -0.464 e. The summed E-state index contributed by atoms with van der Waals surface area (Å²) in [4.78, 5) is 0. The van der Waals surface area contributed by atoms with Crippen LogP contribution < -0.4 is 5.32 Å². The van der Waals surface area contributed by atoms with E-state index in [4.69, 9.17) is 4.42 Å². The molecule has 2 aromatic rings. The summed E-state index contributed by atoms with van der Waals surface area (Å²) < 4.78 is 7.81. The SMILES string of the molecule is Cc1cnn(CCNCc2ccc(C3CC3C)o2)c1. The van der Waals surface area contributed by atoms with Gasteiger partial charge in [0.15, 0.2) is 0 Å². The number of rotatable bonds is 6. The molecule has 1 aliphatic carbocycles. The molecule has 1 N–H and O–H groups in total. The highest BCUT2D eigenvalue weighted by atomic mass is 16.3. The summed E-state index contributed by atoms with van der Waals surface area (Å²) in [5.74, 6) is 3.66. The molecule has 0 amide bonds. The molecular weight excluding hydrogens is 238 g/mol. The molecule has 19 heavy (non-hydrogen) atoms. The van der Waals surface area contributed by atoms with Crippen LogP contribution in [0, 0.1) is 12.8 Å². The molecule has 2 unspecified atom stereocenters. The van der Waals surface area contributed by atoms with Crippen molar-refractivity contribution in [3.63, 3.8) is 0 Å². The fourth-order valence-electron chi connectivity index (χ4n) is 2.40. The van der Waals surface area contributed by atoms with E-state index in [-0.39, 0.29) is 0 Å². The Morgan fingerprint density at radius 2 is 2.32 bits per heavy atom. The summed E-state index contributed by atoms with van der Waals surface area (Å²) in [7, 11) is 0. The summed E-state index contributed by atoms with van der Waals surface area (Å²) in [6.45, 7) is 6.91. The molecule has 0 aromatic carbocycles. The van der Waals surface area contributed by atoms with Gasteiger partial charge in [-0.15, -0.1) is 0 Å². The minimum atomic E-state index is 0.667. The summed E-state index contributed by atoms with van der Waals surface area (Å²) in [5.41, 5.74) is 1.20. The molecule has 0 bridgehead atoms. The summed E-state index contributed by atoms with van der Waals surface area (Å²) >= 11 is 0. The zero-order valence-corrected chi connectivity index (χ0v) is 11.6. The van der Waals surface area contributed by atoms with E-state index in [0.717, 1.165) is 37.1 Å². The van der Waals surface area contributed by atoms with Gasteiger partial charge in [0.1, 0.15) is 11.5 Å². The molecule has 1 saturated carbocycles. The maximum absolute atomic E-state index is 5.85. The number of nitrogens with one attached hydrogen (secondary N) is 1. The Morgan fingerprint density at radius 1 is 1.47 bits per heavy atom. The molecule has 0 saturated heterocycles. The zero-order valence-electron chi connectivity index (χ0n) is 11.6. The fraction of sp³-hybridized carbons (Fsp3) is 0.533. The van der Waals surface area contributed by atoms with E-state index >= 15 is 0 Å². The van der Waals surface area contributed by atoms with Crippen LogP contribution in [0.3, 0.4) is 0 Å². The minimum absolute atomic E-state index is 0.667. The second-order valence-electron chi connectivity index (χ2n) is 5.58. The highest BCUT2D eigenvalue weighted by molar-refractivity contribution is 5.17. The van der Waals surface area contributed by atoms with Gasteiger partial charge in [-0.25, -0.2) is 0 Å². The molecule has 0 aliphatic heterocycles. The van der Waals surface area contributed by atoms with Gasteiger partial charge in [0.25, 0.3) is 0 Å². The van der Waals surface area contributed by atoms with Crippen LogP contribution in [0.25, 0.3) is 0 Å². The lowest BCUT2D eigenvalue weighted by atomic mass is 10.3. The van der Waals surface area contributed by atoms with Crippen LogP contribution >= 0.6 is 0 Å². The Hall–Kier alpha value is -1.55. The molecule has 1 aliphatic rings. The van der Waals surface area contributed by atoms with E-state index in [2.05, 4.69) is 42.6 Å². The van der Waals surface area contributed by atoms with Gasteiger partial charge in [0.2, 0.25) is 0 Å². The predicted molar refractivity (Wildman–Crippen MR) is 73.9 cm³/mol. The van der Waals surface area contributed by atoms with Crippen molar-refractivity contribution in [2.45, 2.75) is 39.3 Å². The molecule has 4 nitrogen and oxygen atoms in total. The topological polar surface area (TPSA) is 43.0 Å². The van der Waals surface area contributed by atoms with Crippen LogP contribution in [0.15, 0.2) is 28.9 Å². The lowest BCUT2D eigenvalue weighted by Gasteiger charge is -2.03. The van der Waals surface area contributed by atoms with Crippen LogP contribution in [0.2, 0.25) is 0 Å². The van der Waals surface area contributed by atoms with Crippen LogP contribution in [0.5, 0.6) is 0 Å². The van der Waals surface area contributed by atoms with Crippen molar-refractivity contribution in [3.05, 3.63) is 41.6 Å². The van der Waals surface area contributed by atoms with Crippen molar-refractivity contribution in [2.75, 3.05) is 6.54 Å². The summed E-state index contributed by atoms with van der Waals surface area (Å²) in [6, 6.07) is 4.22. The van der Waals surface area contributed by atoms with E-state index in [0.29, 0.717) is 5.92 Å². The summed E-state index contributed by atoms with van der Waals surface area (Å²) in [5, 5.41) is 7.65. The van der Waals surface area contributed by atoms with Crippen molar-refractivity contribution in [1.82, 2.24) is 15.1 Å². The average Bonchev–Trinajstić information content (AvgIpc) is 2.80. The van der Waals surface area contributed by atoms with E-state index in [9.17, 15) is 0 Å². The maximum atomic E-state index is 5.85. The first-order valence-electron chi connectivity index (χ1n) is 7.01. The average molecular weight is 259 g/mol. The van der Waals surface area contributed by atoms with Crippen LogP contribution in [-0.4, -0.2) is 16.3 Å². The summed E-state index contributed by atoms with van der Waals surface area (Å²) in [6.07, 6.45) is 5.22. The fourth-order valence-corrected chi connectivity index (χ4v) is 2.40. The Labute approximate surface area is 113 Å². The normalized spacial score (nSPS) is 21.8. The predicted octanol–water partition coefficient (Wildman–Crippen LogP) is 2.70. The van der Waals surface area contributed by atoms with Crippen molar-refractivity contribution in [3.8, 4) is 0 Å². The van der Waals surface area contributed by atoms with Gasteiger partial charge < -0.3 is 9.73 Å². The van der Waals surface area contributed by atoms with Gasteiger partial charge in [0.05, 0.1) is 19.3 Å². The third kappa shape index (κ3) is 3.07. The first-order valence-corrected chi connectivity index (χ1v) is 7.01. The van der Waals surface area contributed by atoms with E-state index in [1.54, 1.807) is 0 Å². The number of hydrogen-bond donors (Lipinski definition) is 1. The smallest absolute Gasteiger partial charge is 0.117 e. The van der Waals surface area contributed by atoms with Gasteiger partial charge >= 0.3 is 0 Å². The number of furan rings is 1. The lowest BCUT2D eigenvalue weighted by Crippen LogP contribution is -2.19. The zero-order chi connectivity index (χ0) is 13.2. The number of nitrogens with zero attached hydrogens (tertiary/aromatic N) is 2. The van der Waals surface area contributed by atoms with Gasteiger partial charge in [-0.1, -0.05) is 6.92 Å². The molecule has 2 aromatic heterocycles. The Bertz CT molecular complexity index is 543. The van der Waals surface area contributed by atoms with Crippen molar-refractivity contribution >= 4 is 0 Å². The van der Waals surface area contributed by atoms with E-state index in [1.807, 2.05) is 10.9 Å². The third-order valence-corrected chi connectivity index (χ3v) is 3.74. The highest BCUT2D eigenvalue weighted by Gasteiger charge is 2.36. The third-order valence-electron chi connectivity index (χ3n) is 3.74. The van der Waals surface area contributed by atoms with Gasteiger partial charge in [-0.3, -0.25) is 4.68 Å². The van der Waals surface area contributed by atoms with Gasteiger partial charge in [0, 0.05) is 18.7 Å². The first kappa shape index (κ1) is 12.5. The number of aromatic nitrogens is 2. The second kappa shape index (κ2) is 5.21. The van der Waals surface area contributed by atoms with E-state index in [1.165, 1.54) is 12.0 Å². The molecule has 2 heterocycles. The molecule has 4 heteroatoms. The molecule has 102 valence electrons. The molecule has 0 radical (unpaired) electrons. The van der Waals surface area contributed by atoms with Crippen LogP contribution in [0.1, 0.15) is 36.3 Å². The quantitative estimate of drug-likeness (QED) is 0.811. The van der Waals surface area contributed by atoms with Crippen LogP contribution in [-0.2, 0) is 13.1 Å². The van der Waals surface area contributed by atoms with Gasteiger partial charge in [-0.2, -0.15) is 5.10 Å². The molecule has 1 fully saturated rings. The molecule has 2 atom stereocenters. The highest BCUT2D eigenvalue weighted by Crippen LogP contribution is 2.47. The first-order chi connectivity index (χ1) is 9.22. The number of hydrogen-bond acceptors (Lipinski definition) is 3. The van der Waals surface area contributed by atoms with Crippen molar-refractivity contribution < 1.29 is 4.42 Å². The van der Waals surface area contributed by atoms with Crippen molar-refractivity contribution in [2.24, 2.45) is 5.92 Å².